The standard InChI is InChI=1S/C24H25N5OS/c1-14-11-15(2)13-20(12-14)26-22(30)21(19-9-7-6-8-10-19)31-24-27-23-25-17(4)16(3)18(5)29(23)28-24/h6-13,21H,1-5H3,(H,26,30). The van der Waals surface area contributed by atoms with E-state index in [1.54, 1.807) is 4.52 Å². The zero-order valence-electron chi connectivity index (χ0n) is 18.3. The van der Waals surface area contributed by atoms with Gasteiger partial charge in [-0.2, -0.15) is 4.98 Å². The van der Waals surface area contributed by atoms with Crippen LogP contribution in [-0.2, 0) is 4.79 Å². The van der Waals surface area contributed by atoms with Gasteiger partial charge in [0.2, 0.25) is 11.1 Å². The molecule has 1 amide bonds. The van der Waals surface area contributed by atoms with Crippen LogP contribution in [0.1, 0.15) is 38.9 Å². The van der Waals surface area contributed by atoms with Crippen LogP contribution < -0.4 is 5.32 Å². The summed E-state index contributed by atoms with van der Waals surface area (Å²) in [7, 11) is 0. The number of anilines is 1. The predicted octanol–water partition coefficient (Wildman–Crippen LogP) is 5.14. The van der Waals surface area contributed by atoms with E-state index in [9.17, 15) is 4.79 Å². The van der Waals surface area contributed by atoms with E-state index in [2.05, 4.69) is 26.4 Å². The minimum atomic E-state index is -0.498. The van der Waals surface area contributed by atoms with Crippen LogP contribution in [0.2, 0.25) is 0 Å². The molecule has 0 aliphatic carbocycles. The Kier molecular flexibility index (Phi) is 5.78. The summed E-state index contributed by atoms with van der Waals surface area (Å²) in [5.74, 6) is 0.432. The number of nitrogens with one attached hydrogen (secondary N) is 1. The van der Waals surface area contributed by atoms with Crippen molar-refractivity contribution in [2.75, 3.05) is 5.32 Å². The van der Waals surface area contributed by atoms with E-state index in [0.29, 0.717) is 10.9 Å². The second kappa shape index (κ2) is 8.51. The number of aromatic nitrogens is 4. The van der Waals surface area contributed by atoms with Gasteiger partial charge in [-0.05, 0) is 69.0 Å². The Morgan fingerprint density at radius 2 is 1.65 bits per heavy atom. The summed E-state index contributed by atoms with van der Waals surface area (Å²) < 4.78 is 1.74. The first kappa shape index (κ1) is 21.1. The Balaban J connectivity index is 1.68. The highest BCUT2D eigenvalue weighted by Crippen LogP contribution is 2.35. The first-order valence-corrected chi connectivity index (χ1v) is 11.0. The molecule has 0 fully saturated rings. The van der Waals surface area contributed by atoms with Crippen molar-refractivity contribution in [3.05, 3.63) is 82.2 Å². The molecule has 1 unspecified atom stereocenters. The van der Waals surface area contributed by atoms with Gasteiger partial charge in [0, 0.05) is 17.1 Å². The molecule has 4 rings (SSSR count). The smallest absolute Gasteiger partial charge is 0.253 e. The fourth-order valence-electron chi connectivity index (χ4n) is 3.55. The Labute approximate surface area is 186 Å². The Bertz CT molecular complexity index is 1250. The first-order valence-electron chi connectivity index (χ1n) is 10.1. The normalized spacial score (nSPS) is 12.2. The van der Waals surface area contributed by atoms with Crippen molar-refractivity contribution >= 4 is 29.1 Å². The Morgan fingerprint density at radius 3 is 2.32 bits per heavy atom. The van der Waals surface area contributed by atoms with E-state index < -0.39 is 5.25 Å². The van der Waals surface area contributed by atoms with Gasteiger partial charge in [-0.15, -0.1) is 5.10 Å². The number of fused-ring (bicyclic) bond motifs is 1. The van der Waals surface area contributed by atoms with Crippen LogP contribution in [0.3, 0.4) is 0 Å². The zero-order chi connectivity index (χ0) is 22.1. The molecule has 6 nitrogen and oxygen atoms in total. The van der Waals surface area contributed by atoms with E-state index in [1.807, 2.05) is 77.1 Å². The molecule has 1 N–H and O–H groups in total. The van der Waals surface area contributed by atoms with Crippen LogP contribution >= 0.6 is 11.8 Å². The number of hydrogen-bond donors (Lipinski definition) is 1. The molecule has 158 valence electrons. The van der Waals surface area contributed by atoms with E-state index in [-0.39, 0.29) is 5.91 Å². The second-order valence-electron chi connectivity index (χ2n) is 7.79. The maximum absolute atomic E-state index is 13.3. The molecule has 0 bridgehead atoms. The Hall–Kier alpha value is -3.19. The zero-order valence-corrected chi connectivity index (χ0v) is 19.1. The lowest BCUT2D eigenvalue weighted by Gasteiger charge is -2.16. The second-order valence-corrected chi connectivity index (χ2v) is 8.86. The van der Waals surface area contributed by atoms with Gasteiger partial charge >= 0.3 is 0 Å². The lowest BCUT2D eigenvalue weighted by Crippen LogP contribution is -2.19. The lowest BCUT2D eigenvalue weighted by molar-refractivity contribution is -0.115. The van der Waals surface area contributed by atoms with Crippen LogP contribution in [0.5, 0.6) is 0 Å². The van der Waals surface area contributed by atoms with E-state index in [4.69, 9.17) is 0 Å². The van der Waals surface area contributed by atoms with E-state index in [0.717, 1.165) is 39.3 Å². The quantitative estimate of drug-likeness (QED) is 0.443. The Morgan fingerprint density at radius 1 is 0.968 bits per heavy atom. The third-order valence-corrected chi connectivity index (χ3v) is 6.40. The highest BCUT2D eigenvalue weighted by atomic mass is 32.2. The predicted molar refractivity (Wildman–Crippen MR) is 125 cm³/mol. The highest BCUT2D eigenvalue weighted by Gasteiger charge is 2.25. The summed E-state index contributed by atoms with van der Waals surface area (Å²) in [6.45, 7) is 10.0. The van der Waals surface area contributed by atoms with Crippen molar-refractivity contribution in [1.29, 1.82) is 0 Å². The number of carbonyl (C=O) groups is 1. The summed E-state index contributed by atoms with van der Waals surface area (Å²) >= 11 is 1.33. The third kappa shape index (κ3) is 4.46. The number of nitrogens with zero attached hydrogens (tertiary/aromatic N) is 4. The van der Waals surface area contributed by atoms with Gasteiger partial charge in [0.15, 0.2) is 0 Å². The number of rotatable bonds is 5. The molecule has 0 radical (unpaired) electrons. The average molecular weight is 432 g/mol. The molecule has 2 heterocycles. The van der Waals surface area contributed by atoms with Crippen molar-refractivity contribution in [3.63, 3.8) is 0 Å². The summed E-state index contributed by atoms with van der Waals surface area (Å²) in [6, 6.07) is 15.7. The van der Waals surface area contributed by atoms with Crippen molar-refractivity contribution < 1.29 is 4.79 Å². The van der Waals surface area contributed by atoms with Gasteiger partial charge in [-0.25, -0.2) is 9.50 Å². The number of carbonyl (C=O) groups excluding carboxylic acids is 1. The van der Waals surface area contributed by atoms with Crippen LogP contribution in [-0.4, -0.2) is 25.5 Å². The minimum absolute atomic E-state index is 0.114. The number of amides is 1. The van der Waals surface area contributed by atoms with Crippen molar-refractivity contribution in [2.24, 2.45) is 0 Å². The number of aryl methyl sites for hydroxylation is 4. The molecular formula is C24H25N5OS. The summed E-state index contributed by atoms with van der Waals surface area (Å²) in [5, 5.41) is 7.71. The summed E-state index contributed by atoms with van der Waals surface area (Å²) in [4.78, 5) is 22.4. The van der Waals surface area contributed by atoms with Gasteiger partial charge < -0.3 is 5.32 Å². The third-order valence-electron chi connectivity index (χ3n) is 5.29. The molecular weight excluding hydrogens is 406 g/mol. The van der Waals surface area contributed by atoms with Crippen molar-refractivity contribution in [2.45, 2.75) is 45.0 Å². The summed E-state index contributed by atoms with van der Waals surface area (Å²) in [6.07, 6.45) is 0. The summed E-state index contributed by atoms with van der Waals surface area (Å²) in [5.41, 5.74) is 6.91. The van der Waals surface area contributed by atoms with Crippen LogP contribution in [0.15, 0.2) is 53.7 Å². The molecule has 2 aromatic carbocycles. The maximum atomic E-state index is 13.3. The number of thioether (sulfide) groups is 1. The molecule has 0 saturated carbocycles. The molecule has 0 saturated heterocycles. The van der Waals surface area contributed by atoms with E-state index in [1.165, 1.54) is 11.8 Å². The molecule has 1 atom stereocenters. The molecule has 31 heavy (non-hydrogen) atoms. The van der Waals surface area contributed by atoms with Gasteiger partial charge in [0.25, 0.3) is 5.78 Å². The van der Waals surface area contributed by atoms with Crippen LogP contribution in [0, 0.1) is 34.6 Å². The van der Waals surface area contributed by atoms with Crippen molar-refractivity contribution in [3.8, 4) is 0 Å². The largest absolute Gasteiger partial charge is 0.325 e. The van der Waals surface area contributed by atoms with Gasteiger partial charge in [-0.3, -0.25) is 4.79 Å². The monoisotopic (exact) mass is 431 g/mol. The van der Waals surface area contributed by atoms with E-state index >= 15 is 0 Å². The van der Waals surface area contributed by atoms with Crippen molar-refractivity contribution in [1.82, 2.24) is 19.6 Å². The van der Waals surface area contributed by atoms with Gasteiger partial charge in [0.1, 0.15) is 5.25 Å². The van der Waals surface area contributed by atoms with Crippen LogP contribution in [0.25, 0.3) is 5.78 Å². The molecule has 7 heteroatoms. The lowest BCUT2D eigenvalue weighted by atomic mass is 10.1. The van der Waals surface area contributed by atoms with Crippen LogP contribution in [0.4, 0.5) is 5.69 Å². The minimum Gasteiger partial charge on any atom is -0.325 e. The fourth-order valence-corrected chi connectivity index (χ4v) is 4.48. The average Bonchev–Trinajstić information content (AvgIpc) is 3.12. The topological polar surface area (TPSA) is 72.2 Å². The highest BCUT2D eigenvalue weighted by molar-refractivity contribution is 8.00. The molecule has 2 aromatic heterocycles. The molecule has 0 spiro atoms. The van der Waals surface area contributed by atoms with Gasteiger partial charge in [0.05, 0.1) is 0 Å². The number of benzene rings is 2. The van der Waals surface area contributed by atoms with Gasteiger partial charge in [-0.1, -0.05) is 48.2 Å². The number of hydrogen-bond acceptors (Lipinski definition) is 5. The first-order chi connectivity index (χ1) is 14.8. The fraction of sp³-hybridized carbons (Fsp3) is 0.250. The molecule has 4 aromatic rings. The SMILES string of the molecule is Cc1cc(C)cc(NC(=O)C(Sc2nc3nc(C)c(C)c(C)n3n2)c2ccccc2)c1. The maximum Gasteiger partial charge on any atom is 0.253 e. The molecule has 0 aliphatic rings. The molecule has 0 aliphatic heterocycles.